The highest BCUT2D eigenvalue weighted by Crippen LogP contribution is 2.56. The minimum Gasteiger partial charge on any atom is -0.508 e. The number of benzene rings is 1. The number of primary amides is 1. The number of nitrogens with two attached hydrogens (primary N) is 2. The predicted octanol–water partition coefficient (Wildman–Crippen LogP) is -0.647. The van der Waals surface area contributed by atoms with Crippen molar-refractivity contribution in [1.82, 2.24) is 4.90 Å². The Morgan fingerprint density at radius 2 is 1.78 bits per heavy atom. The molecule has 2 saturated carbocycles. The van der Waals surface area contributed by atoms with E-state index in [4.69, 9.17) is 16.2 Å². The van der Waals surface area contributed by atoms with Gasteiger partial charge >= 0.3 is 5.97 Å². The normalized spacial score (nSPS) is 33.2. The van der Waals surface area contributed by atoms with Crippen molar-refractivity contribution in [2.45, 2.75) is 36.6 Å². The summed E-state index contributed by atoms with van der Waals surface area (Å²) >= 11 is 0. The Kier molecular flexibility index (Phi) is 5.48. The van der Waals surface area contributed by atoms with Gasteiger partial charge in [0.25, 0.3) is 5.91 Å². The molecule has 0 aromatic heterocycles. The van der Waals surface area contributed by atoms with Gasteiger partial charge in [-0.2, -0.15) is 0 Å². The molecule has 0 heterocycles. The summed E-state index contributed by atoms with van der Waals surface area (Å²) in [5.41, 5.74) is 7.54. The van der Waals surface area contributed by atoms with Crippen LogP contribution in [0.4, 0.5) is 0 Å². The molecule has 196 valence electrons. The summed E-state index contributed by atoms with van der Waals surface area (Å²) in [4.78, 5) is 53.8. The lowest BCUT2D eigenvalue weighted by molar-refractivity contribution is -0.186. The van der Waals surface area contributed by atoms with Crippen LogP contribution in [0.15, 0.2) is 35.1 Å². The molecule has 8 N–H and O–H groups in total. The van der Waals surface area contributed by atoms with Crippen molar-refractivity contribution in [1.29, 1.82) is 0 Å². The number of phenolic OH excluding ortho intramolecular Hbond substituents is 1. The van der Waals surface area contributed by atoms with Crippen LogP contribution < -0.4 is 11.5 Å². The first kappa shape index (κ1) is 24.9. The van der Waals surface area contributed by atoms with Gasteiger partial charge in [-0.05, 0) is 38.6 Å². The molecule has 1 aromatic carbocycles. The van der Waals surface area contributed by atoms with E-state index in [2.05, 4.69) is 0 Å². The monoisotopic (exact) mass is 513 g/mol. The van der Waals surface area contributed by atoms with E-state index in [9.17, 15) is 39.6 Å². The van der Waals surface area contributed by atoms with Crippen LogP contribution in [0.25, 0.3) is 5.76 Å². The minimum atomic E-state index is -2.98. The number of amides is 1. The fraction of sp³-hybridized carbons (Fsp3) is 0.440. The Hall–Kier alpha value is -3.74. The van der Waals surface area contributed by atoms with Crippen LogP contribution in [-0.2, 0) is 23.9 Å². The molecule has 0 aliphatic heterocycles. The second-order valence-electron chi connectivity index (χ2n) is 10.2. The zero-order valence-electron chi connectivity index (χ0n) is 20.0. The summed E-state index contributed by atoms with van der Waals surface area (Å²) in [7, 11) is 2.90. The van der Waals surface area contributed by atoms with E-state index in [-0.39, 0.29) is 11.1 Å². The van der Waals surface area contributed by atoms with Crippen molar-refractivity contribution in [3.05, 3.63) is 46.2 Å². The van der Waals surface area contributed by atoms with Crippen molar-refractivity contribution in [3.63, 3.8) is 0 Å². The molecule has 5 rings (SSSR count). The van der Waals surface area contributed by atoms with Crippen LogP contribution >= 0.6 is 0 Å². The molecule has 2 fully saturated rings. The average Bonchev–Trinajstić information content (AvgIpc) is 3.66. The number of aromatic hydroxyl groups is 1. The van der Waals surface area contributed by atoms with Gasteiger partial charge in [0.05, 0.1) is 23.4 Å². The molecule has 1 amide bonds. The number of aliphatic hydroxyl groups excluding tert-OH is 2. The average molecular weight is 514 g/mol. The Bertz CT molecular complexity index is 1330. The molecule has 1 aromatic rings. The van der Waals surface area contributed by atoms with E-state index in [1.54, 1.807) is 0 Å². The molecule has 4 aliphatic rings. The summed E-state index contributed by atoms with van der Waals surface area (Å²) in [5.74, 6) is -9.95. The first-order valence-corrected chi connectivity index (χ1v) is 11.8. The van der Waals surface area contributed by atoms with Crippen LogP contribution in [0.3, 0.4) is 0 Å². The number of ether oxygens (including phenoxy) is 1. The Morgan fingerprint density at radius 1 is 1.14 bits per heavy atom. The van der Waals surface area contributed by atoms with Gasteiger partial charge in [0.2, 0.25) is 5.78 Å². The highest BCUT2D eigenvalue weighted by atomic mass is 16.5. The predicted molar refractivity (Wildman–Crippen MR) is 125 cm³/mol. The number of phenols is 1. The highest BCUT2D eigenvalue weighted by molar-refractivity contribution is 6.24. The molecule has 12 nitrogen and oxygen atoms in total. The summed E-state index contributed by atoms with van der Waals surface area (Å²) < 4.78 is 5.84. The number of carbonyl (C=O) groups is 4. The van der Waals surface area contributed by atoms with Crippen molar-refractivity contribution in [3.8, 4) is 5.75 Å². The molecular weight excluding hydrogens is 486 g/mol. The third kappa shape index (κ3) is 3.26. The number of ketones is 2. The number of rotatable bonds is 4. The molecule has 0 bridgehead atoms. The van der Waals surface area contributed by atoms with Gasteiger partial charge in [0.15, 0.2) is 11.4 Å². The number of likely N-dealkylation sites (N-methyl/N-ethyl adjacent to an activating group) is 1. The fourth-order valence-electron chi connectivity index (χ4n) is 5.99. The van der Waals surface area contributed by atoms with E-state index in [1.807, 2.05) is 0 Å². The molecule has 0 spiro atoms. The largest absolute Gasteiger partial charge is 0.508 e. The lowest BCUT2D eigenvalue weighted by atomic mass is 9.55. The number of hydrogen-bond acceptors (Lipinski definition) is 11. The number of esters is 1. The van der Waals surface area contributed by atoms with Gasteiger partial charge in [0.1, 0.15) is 28.9 Å². The zero-order chi connectivity index (χ0) is 27.1. The third-order valence-corrected chi connectivity index (χ3v) is 7.85. The van der Waals surface area contributed by atoms with Crippen molar-refractivity contribution in [2.75, 3.05) is 14.1 Å². The number of nitrogens with zero attached hydrogens (tertiary/aromatic N) is 1. The first-order valence-electron chi connectivity index (χ1n) is 11.8. The molecule has 0 saturated heterocycles. The Labute approximate surface area is 210 Å². The Morgan fingerprint density at radius 3 is 2.35 bits per heavy atom. The van der Waals surface area contributed by atoms with Gasteiger partial charge in [-0.3, -0.25) is 24.1 Å². The maximum Gasteiger partial charge on any atom is 0.309 e. The number of fused-ring (bicyclic) bond motifs is 3. The molecule has 4 aliphatic carbocycles. The third-order valence-electron chi connectivity index (χ3n) is 7.85. The topological polar surface area (TPSA) is 214 Å². The molecule has 37 heavy (non-hydrogen) atoms. The van der Waals surface area contributed by atoms with E-state index in [1.165, 1.54) is 37.2 Å². The van der Waals surface area contributed by atoms with Crippen LogP contribution in [0.5, 0.6) is 5.75 Å². The van der Waals surface area contributed by atoms with E-state index >= 15 is 0 Å². The molecule has 6 atom stereocenters. The fourth-order valence-corrected chi connectivity index (χ4v) is 5.99. The van der Waals surface area contributed by atoms with Crippen LogP contribution in [-0.4, -0.2) is 80.6 Å². The van der Waals surface area contributed by atoms with E-state index in [0.29, 0.717) is 12.8 Å². The maximum absolute atomic E-state index is 14.0. The zero-order valence-corrected chi connectivity index (χ0v) is 20.0. The minimum absolute atomic E-state index is 0.154. The second-order valence-corrected chi connectivity index (χ2v) is 10.2. The van der Waals surface area contributed by atoms with E-state index in [0.717, 1.165) is 0 Å². The molecule has 0 radical (unpaired) electrons. The quantitative estimate of drug-likeness (QED) is 0.220. The van der Waals surface area contributed by atoms with Gasteiger partial charge in [0, 0.05) is 17.5 Å². The number of carbonyl (C=O) groups excluding carboxylic acids is 4. The first-order chi connectivity index (χ1) is 17.3. The maximum atomic E-state index is 14.0. The van der Waals surface area contributed by atoms with Gasteiger partial charge in [-0.15, -0.1) is 0 Å². The van der Waals surface area contributed by atoms with Crippen LogP contribution in [0.1, 0.15) is 30.0 Å². The number of Topliss-reactive ketones (excluding diaryl/α,β-unsaturated/α-hetero) is 2. The summed E-state index contributed by atoms with van der Waals surface area (Å²) in [6.45, 7) is 0. The molecule has 12 heteroatoms. The second kappa shape index (κ2) is 8.13. The van der Waals surface area contributed by atoms with Crippen LogP contribution in [0.2, 0.25) is 0 Å². The van der Waals surface area contributed by atoms with E-state index < -0.39 is 93.4 Å². The van der Waals surface area contributed by atoms with Gasteiger partial charge < -0.3 is 36.6 Å². The van der Waals surface area contributed by atoms with Gasteiger partial charge in [-0.25, -0.2) is 0 Å². The Balaban J connectivity index is 1.83. The van der Waals surface area contributed by atoms with Crippen LogP contribution in [0, 0.1) is 17.8 Å². The number of aliphatic hydroxyl groups is 3. The van der Waals surface area contributed by atoms with Gasteiger partial charge in [-0.1, -0.05) is 12.1 Å². The summed E-state index contributed by atoms with van der Waals surface area (Å²) in [5, 5.41) is 44.6. The summed E-state index contributed by atoms with van der Waals surface area (Å²) in [6.07, 6.45) is -0.367. The van der Waals surface area contributed by atoms with Crippen molar-refractivity contribution in [2.24, 2.45) is 29.2 Å². The molecular formula is C25H27N3O9. The smallest absolute Gasteiger partial charge is 0.309 e. The standard InChI is InChI=1S/C25H27N3O9/c1-28(2)17-15-20(37-24(35)8-6-7-8)12-13(18(30)11-9(16(12)26)4-3-5-10(11)29)21(32)25(15,36)22(33)14(19(17)31)23(27)34/h3-5,8,12,15-17,20,29-30,33,36H,6-7,26H2,1-2H3,(H2,27,34)/t12-,15+,16-,17-,20-,25-/m0/s1. The lowest BCUT2D eigenvalue weighted by Gasteiger charge is -2.54. The lowest BCUT2D eigenvalue weighted by Crippen LogP contribution is -2.71. The number of hydrogen-bond donors (Lipinski definition) is 6. The van der Waals surface area contributed by atoms with Crippen molar-refractivity contribution < 1.29 is 44.3 Å². The van der Waals surface area contributed by atoms with Crippen molar-refractivity contribution >= 4 is 29.2 Å². The highest BCUT2D eigenvalue weighted by Gasteiger charge is 2.69. The SMILES string of the molecule is CN(C)[C@@H]1C(=O)C(C(N)=O)=C(O)[C@@]2(O)C(=O)C3=C(O)c4c(O)cccc4[C@H](N)[C@H]3[C@H](OC(=O)C3CC3)[C@@H]12. The molecule has 0 unspecified atom stereocenters. The summed E-state index contributed by atoms with van der Waals surface area (Å²) in [6, 6.07) is 1.71.